The molecule has 0 radical (unpaired) electrons. The fourth-order valence-electron chi connectivity index (χ4n) is 2.57. The standard InChI is InChI=1S/C24H22N2O5/c1-17-7-11-19(12-8-17)24(28)31-20-13-9-18(10-14-20)15-25-26-23(27)16-30-22-6-4-3-5-21(22)29-2/h3-15H,16H2,1-2H3,(H,26,27)/b25-15-. The highest BCUT2D eigenvalue weighted by Crippen LogP contribution is 2.25. The van der Waals surface area contributed by atoms with Gasteiger partial charge < -0.3 is 14.2 Å². The summed E-state index contributed by atoms with van der Waals surface area (Å²) in [5.74, 6) is 0.591. The highest BCUT2D eigenvalue weighted by atomic mass is 16.5. The molecular weight excluding hydrogens is 396 g/mol. The number of carbonyl (C=O) groups is 2. The van der Waals surface area contributed by atoms with E-state index >= 15 is 0 Å². The Morgan fingerprint density at radius 2 is 1.61 bits per heavy atom. The van der Waals surface area contributed by atoms with Crippen molar-refractivity contribution in [3.8, 4) is 17.2 Å². The molecule has 7 heteroatoms. The van der Waals surface area contributed by atoms with Crippen LogP contribution in [-0.4, -0.2) is 31.8 Å². The lowest BCUT2D eigenvalue weighted by molar-refractivity contribution is -0.123. The van der Waals surface area contributed by atoms with Gasteiger partial charge in [-0.15, -0.1) is 0 Å². The van der Waals surface area contributed by atoms with Crippen LogP contribution in [0.15, 0.2) is 77.9 Å². The zero-order chi connectivity index (χ0) is 22.1. The highest BCUT2D eigenvalue weighted by Gasteiger charge is 2.08. The number of rotatable bonds is 8. The van der Waals surface area contributed by atoms with Gasteiger partial charge in [-0.25, -0.2) is 10.2 Å². The van der Waals surface area contributed by atoms with Gasteiger partial charge in [0.25, 0.3) is 5.91 Å². The summed E-state index contributed by atoms with van der Waals surface area (Å²) in [5, 5.41) is 3.90. The molecule has 0 unspecified atom stereocenters. The van der Waals surface area contributed by atoms with Crippen molar-refractivity contribution in [3.05, 3.63) is 89.5 Å². The van der Waals surface area contributed by atoms with Crippen LogP contribution in [0.2, 0.25) is 0 Å². The summed E-state index contributed by atoms with van der Waals surface area (Å²) in [5.41, 5.74) is 4.66. The number of ether oxygens (including phenoxy) is 3. The molecule has 0 saturated carbocycles. The van der Waals surface area contributed by atoms with Crippen molar-refractivity contribution in [1.29, 1.82) is 0 Å². The molecule has 3 aromatic rings. The summed E-state index contributed by atoms with van der Waals surface area (Å²) in [6.45, 7) is 1.75. The Labute approximate surface area is 180 Å². The van der Waals surface area contributed by atoms with Gasteiger partial charge in [-0.2, -0.15) is 5.10 Å². The third-order valence-electron chi connectivity index (χ3n) is 4.21. The maximum Gasteiger partial charge on any atom is 0.343 e. The van der Waals surface area contributed by atoms with E-state index in [0.29, 0.717) is 22.8 Å². The van der Waals surface area contributed by atoms with Crippen LogP contribution in [0, 0.1) is 6.92 Å². The number of methoxy groups -OCH3 is 1. The van der Waals surface area contributed by atoms with E-state index in [1.165, 1.54) is 13.3 Å². The van der Waals surface area contributed by atoms with E-state index in [-0.39, 0.29) is 6.61 Å². The van der Waals surface area contributed by atoms with Crippen LogP contribution < -0.4 is 19.6 Å². The average Bonchev–Trinajstić information content (AvgIpc) is 2.79. The Balaban J connectivity index is 1.47. The number of hydrazone groups is 1. The largest absolute Gasteiger partial charge is 0.493 e. The minimum atomic E-state index is -0.427. The number of aryl methyl sites for hydroxylation is 1. The van der Waals surface area contributed by atoms with E-state index in [2.05, 4.69) is 10.5 Å². The third-order valence-corrected chi connectivity index (χ3v) is 4.21. The van der Waals surface area contributed by atoms with Gasteiger partial charge in [-0.3, -0.25) is 4.79 Å². The minimum Gasteiger partial charge on any atom is -0.493 e. The molecule has 1 amide bonds. The van der Waals surface area contributed by atoms with Crippen LogP contribution in [0.4, 0.5) is 0 Å². The molecule has 7 nitrogen and oxygen atoms in total. The number of hydrogen-bond acceptors (Lipinski definition) is 6. The SMILES string of the molecule is COc1ccccc1OCC(=O)N/N=C\c1ccc(OC(=O)c2ccc(C)cc2)cc1. The van der Waals surface area contributed by atoms with E-state index in [4.69, 9.17) is 14.2 Å². The van der Waals surface area contributed by atoms with Gasteiger partial charge in [0.1, 0.15) is 5.75 Å². The first-order chi connectivity index (χ1) is 15.0. The monoisotopic (exact) mass is 418 g/mol. The Morgan fingerprint density at radius 3 is 2.29 bits per heavy atom. The fourth-order valence-corrected chi connectivity index (χ4v) is 2.57. The quantitative estimate of drug-likeness (QED) is 0.261. The second-order valence-electron chi connectivity index (χ2n) is 6.56. The summed E-state index contributed by atoms with van der Waals surface area (Å²) in [4.78, 5) is 24.0. The predicted molar refractivity (Wildman–Crippen MR) is 117 cm³/mol. The second-order valence-corrected chi connectivity index (χ2v) is 6.56. The van der Waals surface area contributed by atoms with Crippen molar-refractivity contribution < 1.29 is 23.8 Å². The lowest BCUT2D eigenvalue weighted by atomic mass is 10.1. The molecule has 0 bridgehead atoms. The summed E-state index contributed by atoms with van der Waals surface area (Å²) in [6.07, 6.45) is 1.48. The van der Waals surface area contributed by atoms with E-state index in [1.807, 2.05) is 25.1 Å². The van der Waals surface area contributed by atoms with Crippen LogP contribution in [0.25, 0.3) is 0 Å². The van der Waals surface area contributed by atoms with Gasteiger partial charge >= 0.3 is 5.97 Å². The van der Waals surface area contributed by atoms with E-state index in [1.54, 1.807) is 54.6 Å². The van der Waals surface area contributed by atoms with Crippen molar-refractivity contribution in [1.82, 2.24) is 5.43 Å². The number of amides is 1. The highest BCUT2D eigenvalue weighted by molar-refractivity contribution is 5.91. The van der Waals surface area contributed by atoms with Crippen molar-refractivity contribution >= 4 is 18.1 Å². The van der Waals surface area contributed by atoms with Crippen LogP contribution in [0.5, 0.6) is 17.2 Å². The van der Waals surface area contributed by atoms with Gasteiger partial charge in [0.05, 0.1) is 18.9 Å². The topological polar surface area (TPSA) is 86.2 Å². The lowest BCUT2D eigenvalue weighted by Gasteiger charge is -2.09. The normalized spacial score (nSPS) is 10.5. The molecule has 31 heavy (non-hydrogen) atoms. The van der Waals surface area contributed by atoms with Gasteiger partial charge in [-0.05, 0) is 61.0 Å². The number of benzene rings is 3. The molecule has 0 heterocycles. The molecule has 0 aromatic heterocycles. The first kappa shape index (κ1) is 21.6. The molecule has 3 rings (SSSR count). The smallest absolute Gasteiger partial charge is 0.343 e. The Kier molecular flexibility index (Phi) is 7.37. The Morgan fingerprint density at radius 1 is 0.935 bits per heavy atom. The van der Waals surface area contributed by atoms with Crippen molar-refractivity contribution in [2.45, 2.75) is 6.92 Å². The van der Waals surface area contributed by atoms with Crippen molar-refractivity contribution in [3.63, 3.8) is 0 Å². The molecule has 0 aliphatic rings. The molecule has 0 fully saturated rings. The van der Waals surface area contributed by atoms with Crippen molar-refractivity contribution in [2.24, 2.45) is 5.10 Å². The van der Waals surface area contributed by atoms with Gasteiger partial charge in [0.2, 0.25) is 0 Å². The Bertz CT molecular complexity index is 1060. The molecule has 0 saturated heterocycles. The molecule has 158 valence electrons. The molecule has 1 N–H and O–H groups in total. The molecule has 0 aliphatic carbocycles. The number of para-hydroxylation sites is 2. The fraction of sp³-hybridized carbons (Fsp3) is 0.125. The Hall–Kier alpha value is -4.13. The summed E-state index contributed by atoms with van der Waals surface area (Å²) in [7, 11) is 1.53. The van der Waals surface area contributed by atoms with Crippen LogP contribution in [0.3, 0.4) is 0 Å². The lowest BCUT2D eigenvalue weighted by Crippen LogP contribution is -2.24. The maximum atomic E-state index is 12.1. The third kappa shape index (κ3) is 6.43. The molecule has 0 atom stereocenters. The van der Waals surface area contributed by atoms with Gasteiger partial charge in [0.15, 0.2) is 18.1 Å². The average molecular weight is 418 g/mol. The van der Waals surface area contributed by atoms with Crippen LogP contribution in [0.1, 0.15) is 21.5 Å². The minimum absolute atomic E-state index is 0.203. The van der Waals surface area contributed by atoms with E-state index in [0.717, 1.165) is 11.1 Å². The number of hydrogen-bond donors (Lipinski definition) is 1. The zero-order valence-electron chi connectivity index (χ0n) is 17.2. The maximum absolute atomic E-state index is 12.1. The number of nitrogens with one attached hydrogen (secondary N) is 1. The zero-order valence-corrected chi connectivity index (χ0v) is 17.2. The van der Waals surface area contributed by atoms with E-state index in [9.17, 15) is 9.59 Å². The number of carbonyl (C=O) groups excluding carboxylic acids is 2. The molecular formula is C24H22N2O5. The van der Waals surface area contributed by atoms with Crippen LogP contribution in [-0.2, 0) is 4.79 Å². The van der Waals surface area contributed by atoms with E-state index < -0.39 is 11.9 Å². The molecule has 0 spiro atoms. The molecule has 3 aromatic carbocycles. The number of esters is 1. The molecule has 0 aliphatic heterocycles. The summed E-state index contributed by atoms with van der Waals surface area (Å²) < 4.78 is 15.9. The predicted octanol–water partition coefficient (Wildman–Crippen LogP) is 3.75. The number of nitrogens with zero attached hydrogens (tertiary/aromatic N) is 1. The second kappa shape index (κ2) is 10.6. The van der Waals surface area contributed by atoms with Gasteiger partial charge in [0, 0.05) is 0 Å². The first-order valence-corrected chi connectivity index (χ1v) is 9.52. The van der Waals surface area contributed by atoms with Gasteiger partial charge in [-0.1, -0.05) is 29.8 Å². The van der Waals surface area contributed by atoms with Crippen molar-refractivity contribution in [2.75, 3.05) is 13.7 Å². The first-order valence-electron chi connectivity index (χ1n) is 9.52. The summed E-state index contributed by atoms with van der Waals surface area (Å²) in [6, 6.07) is 20.9. The summed E-state index contributed by atoms with van der Waals surface area (Å²) >= 11 is 0. The van der Waals surface area contributed by atoms with Crippen LogP contribution >= 0.6 is 0 Å².